The minimum absolute atomic E-state index is 0.493. The average Bonchev–Trinajstić information content (AvgIpc) is 2.66. The number of ether oxygens (including phenoxy) is 1. The van der Waals surface area contributed by atoms with Crippen molar-refractivity contribution in [3.05, 3.63) is 78.3 Å². The van der Waals surface area contributed by atoms with Gasteiger partial charge < -0.3 is 15.2 Å². The highest BCUT2D eigenvalue weighted by molar-refractivity contribution is 5.55. The summed E-state index contributed by atoms with van der Waals surface area (Å²) in [5.41, 5.74) is 5.83. The molecule has 0 radical (unpaired) electrons. The minimum atomic E-state index is -0.842. The number of benzene rings is 1. The average molecular weight is 381 g/mol. The van der Waals surface area contributed by atoms with Gasteiger partial charge in [-0.05, 0) is 49.2 Å². The van der Waals surface area contributed by atoms with Crippen molar-refractivity contribution < 1.29 is 9.84 Å². The van der Waals surface area contributed by atoms with Gasteiger partial charge in [0.05, 0.1) is 0 Å². The van der Waals surface area contributed by atoms with Crippen LogP contribution in [-0.4, -0.2) is 34.7 Å². The van der Waals surface area contributed by atoms with Gasteiger partial charge in [-0.15, -0.1) is 0 Å². The van der Waals surface area contributed by atoms with E-state index >= 15 is 0 Å². The SMILES string of the molecule is C=CC(O)NN(C)C=NC(=C)NCc1cc(Oc2cccc(C)n2)ccc1C. The molecule has 1 aromatic heterocycles. The van der Waals surface area contributed by atoms with Crippen molar-refractivity contribution in [3.8, 4) is 11.6 Å². The lowest BCUT2D eigenvalue weighted by Gasteiger charge is -2.17. The van der Waals surface area contributed by atoms with Crippen LogP contribution in [0.4, 0.5) is 0 Å². The number of aryl methyl sites for hydroxylation is 2. The molecule has 1 atom stereocenters. The predicted octanol–water partition coefficient (Wildman–Crippen LogP) is 3.02. The van der Waals surface area contributed by atoms with Crippen molar-refractivity contribution in [2.24, 2.45) is 4.99 Å². The fourth-order valence-electron chi connectivity index (χ4n) is 2.29. The molecule has 7 heteroatoms. The maximum atomic E-state index is 9.44. The lowest BCUT2D eigenvalue weighted by molar-refractivity contribution is 0.126. The first-order chi connectivity index (χ1) is 13.4. The van der Waals surface area contributed by atoms with E-state index in [1.165, 1.54) is 17.4 Å². The Morgan fingerprint density at radius 1 is 1.36 bits per heavy atom. The van der Waals surface area contributed by atoms with Crippen LogP contribution in [0.3, 0.4) is 0 Å². The summed E-state index contributed by atoms with van der Waals surface area (Å²) in [6.07, 6.45) is 2.05. The Hall–Kier alpha value is -3.16. The molecule has 2 aromatic rings. The third-order valence-corrected chi connectivity index (χ3v) is 3.83. The van der Waals surface area contributed by atoms with Crippen LogP contribution in [-0.2, 0) is 6.54 Å². The van der Waals surface area contributed by atoms with Crippen LogP contribution in [0, 0.1) is 13.8 Å². The van der Waals surface area contributed by atoms with Gasteiger partial charge >= 0.3 is 0 Å². The number of rotatable bonds is 10. The number of pyridine rings is 1. The summed E-state index contributed by atoms with van der Waals surface area (Å²) in [6, 6.07) is 11.6. The quantitative estimate of drug-likeness (QED) is 0.193. The molecule has 0 fully saturated rings. The molecule has 0 saturated heterocycles. The number of aliphatic hydroxyl groups is 1. The van der Waals surface area contributed by atoms with Crippen molar-refractivity contribution in [1.29, 1.82) is 0 Å². The second-order valence-corrected chi connectivity index (χ2v) is 6.27. The first-order valence-corrected chi connectivity index (χ1v) is 8.85. The Morgan fingerprint density at radius 3 is 2.86 bits per heavy atom. The molecule has 0 saturated carbocycles. The zero-order chi connectivity index (χ0) is 20.5. The van der Waals surface area contributed by atoms with Crippen molar-refractivity contribution in [2.75, 3.05) is 7.05 Å². The molecule has 148 valence electrons. The Balaban J connectivity index is 1.94. The molecule has 0 spiro atoms. The maximum Gasteiger partial charge on any atom is 0.219 e. The molecule has 0 bridgehead atoms. The number of aliphatic imine (C=N–C) groups is 1. The van der Waals surface area contributed by atoms with Crippen LogP contribution in [0.5, 0.6) is 11.6 Å². The van der Waals surface area contributed by atoms with Gasteiger partial charge in [-0.25, -0.2) is 15.4 Å². The standard InChI is InChI=1S/C21H27N5O2/c1-6-20(27)25-26(5)14-23-17(4)22-13-18-12-19(11-10-15(18)2)28-21-9-7-8-16(3)24-21/h6-12,14,20,22,25,27H,1,4,13H2,2-3,5H3. The Morgan fingerprint density at radius 2 is 2.14 bits per heavy atom. The number of hydrogen-bond acceptors (Lipinski definition) is 6. The predicted molar refractivity (Wildman–Crippen MR) is 112 cm³/mol. The molecule has 28 heavy (non-hydrogen) atoms. The van der Waals surface area contributed by atoms with E-state index in [1.54, 1.807) is 7.05 Å². The Bertz CT molecular complexity index is 850. The fraction of sp³-hybridized carbons (Fsp3) is 0.238. The van der Waals surface area contributed by atoms with E-state index in [4.69, 9.17) is 4.74 Å². The minimum Gasteiger partial charge on any atom is -0.439 e. The highest BCUT2D eigenvalue weighted by Gasteiger charge is 2.05. The normalized spacial score (nSPS) is 11.9. The number of aromatic nitrogens is 1. The Labute approximate surface area is 166 Å². The van der Waals surface area contributed by atoms with Crippen molar-refractivity contribution in [2.45, 2.75) is 26.6 Å². The van der Waals surface area contributed by atoms with E-state index in [0.29, 0.717) is 18.2 Å². The summed E-state index contributed by atoms with van der Waals surface area (Å²) in [5, 5.41) is 14.1. The second-order valence-electron chi connectivity index (χ2n) is 6.27. The molecule has 0 amide bonds. The summed E-state index contributed by atoms with van der Waals surface area (Å²) in [7, 11) is 1.72. The number of hydrazine groups is 1. The lowest BCUT2D eigenvalue weighted by atomic mass is 10.1. The first kappa shape index (κ1) is 21.1. The second kappa shape index (κ2) is 10.2. The van der Waals surface area contributed by atoms with E-state index in [-0.39, 0.29) is 0 Å². The molecule has 2 rings (SSSR count). The van der Waals surface area contributed by atoms with Crippen LogP contribution in [0.2, 0.25) is 0 Å². The summed E-state index contributed by atoms with van der Waals surface area (Å²) >= 11 is 0. The first-order valence-electron chi connectivity index (χ1n) is 8.85. The Kier molecular flexibility index (Phi) is 7.74. The lowest BCUT2D eigenvalue weighted by Crippen LogP contribution is -2.40. The topological polar surface area (TPSA) is 82.0 Å². The van der Waals surface area contributed by atoms with Gasteiger partial charge in [-0.2, -0.15) is 0 Å². The summed E-state index contributed by atoms with van der Waals surface area (Å²) < 4.78 is 5.85. The zero-order valence-electron chi connectivity index (χ0n) is 16.5. The van der Waals surface area contributed by atoms with Gasteiger partial charge in [0, 0.05) is 25.4 Å². The van der Waals surface area contributed by atoms with E-state index in [0.717, 1.165) is 22.6 Å². The number of aliphatic hydroxyl groups excluding tert-OH is 1. The van der Waals surface area contributed by atoms with Crippen LogP contribution in [0.1, 0.15) is 16.8 Å². The third kappa shape index (κ3) is 6.86. The number of hydrogen-bond donors (Lipinski definition) is 3. The van der Waals surface area contributed by atoms with Crippen LogP contribution in [0.25, 0.3) is 0 Å². The highest BCUT2D eigenvalue weighted by atomic mass is 16.5. The molecule has 0 aliphatic carbocycles. The third-order valence-electron chi connectivity index (χ3n) is 3.83. The molecule has 3 N–H and O–H groups in total. The molecule has 1 heterocycles. The zero-order valence-corrected chi connectivity index (χ0v) is 16.5. The smallest absolute Gasteiger partial charge is 0.219 e. The van der Waals surface area contributed by atoms with Gasteiger partial charge in [0.25, 0.3) is 0 Å². The van der Waals surface area contributed by atoms with Crippen LogP contribution < -0.4 is 15.5 Å². The molecule has 7 nitrogen and oxygen atoms in total. The summed E-state index contributed by atoms with van der Waals surface area (Å²) in [6.45, 7) is 11.9. The molecule has 0 aliphatic heterocycles. The van der Waals surface area contributed by atoms with Gasteiger partial charge in [0.15, 0.2) is 0 Å². The van der Waals surface area contributed by atoms with E-state index < -0.39 is 6.23 Å². The van der Waals surface area contributed by atoms with E-state index in [9.17, 15) is 5.11 Å². The van der Waals surface area contributed by atoms with Crippen LogP contribution >= 0.6 is 0 Å². The van der Waals surface area contributed by atoms with Crippen LogP contribution in [0.15, 0.2) is 66.4 Å². The molecular formula is C21H27N5O2. The molecule has 1 unspecified atom stereocenters. The highest BCUT2D eigenvalue weighted by Crippen LogP contribution is 2.23. The van der Waals surface area contributed by atoms with Crippen molar-refractivity contribution in [1.82, 2.24) is 20.7 Å². The molecular weight excluding hydrogens is 354 g/mol. The molecule has 1 aromatic carbocycles. The molecule has 0 aliphatic rings. The van der Waals surface area contributed by atoms with Gasteiger partial charge in [-0.1, -0.05) is 25.3 Å². The van der Waals surface area contributed by atoms with Crippen molar-refractivity contribution >= 4 is 6.34 Å². The van der Waals surface area contributed by atoms with E-state index in [2.05, 4.69) is 33.9 Å². The van der Waals surface area contributed by atoms with Gasteiger partial charge in [0.1, 0.15) is 24.1 Å². The van der Waals surface area contributed by atoms with Gasteiger partial charge in [0.2, 0.25) is 5.88 Å². The summed E-state index contributed by atoms with van der Waals surface area (Å²) in [5.74, 6) is 1.78. The largest absolute Gasteiger partial charge is 0.439 e. The maximum absolute atomic E-state index is 9.44. The van der Waals surface area contributed by atoms with Crippen molar-refractivity contribution in [3.63, 3.8) is 0 Å². The summed E-state index contributed by atoms with van der Waals surface area (Å²) in [4.78, 5) is 8.56. The monoisotopic (exact) mass is 381 g/mol. The van der Waals surface area contributed by atoms with E-state index in [1.807, 2.05) is 50.2 Å². The number of nitrogens with zero attached hydrogens (tertiary/aromatic N) is 3. The fourth-order valence-corrected chi connectivity index (χ4v) is 2.29. The number of nitrogens with one attached hydrogen (secondary N) is 2. The van der Waals surface area contributed by atoms with Gasteiger partial charge in [-0.3, -0.25) is 5.01 Å².